The Morgan fingerprint density at radius 1 is 1.15 bits per heavy atom. The van der Waals surface area contributed by atoms with Gasteiger partial charge in [-0.1, -0.05) is 39.0 Å². The zero-order valence-corrected chi connectivity index (χ0v) is 10.7. The Labute approximate surface area is 96.8 Å². The van der Waals surface area contributed by atoms with Crippen molar-refractivity contribution < 1.29 is 25.8 Å². The third-order valence-electron chi connectivity index (χ3n) is 1.76. The van der Waals surface area contributed by atoms with Crippen molar-refractivity contribution in [3.05, 3.63) is 0 Å². The van der Waals surface area contributed by atoms with Crippen molar-refractivity contribution in [3.63, 3.8) is 0 Å². The van der Waals surface area contributed by atoms with E-state index in [1.54, 1.807) is 0 Å². The third-order valence-corrected chi connectivity index (χ3v) is 3.06. The van der Waals surface area contributed by atoms with Crippen LogP contribution in [0.3, 0.4) is 0 Å². The summed E-state index contributed by atoms with van der Waals surface area (Å²) in [6.45, 7) is 2.17. The molecule has 13 heavy (non-hydrogen) atoms. The number of hydrogen-bond donors (Lipinski definition) is 1. The molecular weight excluding hydrogens is 248 g/mol. The maximum Gasteiger partial charge on any atom is 0.141 e. The topological polar surface area (TPSA) is 37.3 Å². The minimum atomic E-state index is -2.88. The maximum absolute atomic E-state index is 10.6. The minimum absolute atomic E-state index is 0. The Kier molecular flexibility index (Phi) is 11.8. The Hall–Kier alpha value is 0.849. The smallest absolute Gasteiger partial charge is 0.141 e. The summed E-state index contributed by atoms with van der Waals surface area (Å²) in [6.07, 6.45) is 6.73. The van der Waals surface area contributed by atoms with Crippen LogP contribution in [-0.2, 0) is 37.0 Å². The van der Waals surface area contributed by atoms with Crippen LogP contribution in [0.4, 0.5) is 0 Å². The quantitative estimate of drug-likeness (QED) is 0.568. The van der Waals surface area contributed by atoms with E-state index in [0.29, 0.717) is 0 Å². The van der Waals surface area contributed by atoms with E-state index in [1.807, 2.05) is 0 Å². The summed E-state index contributed by atoms with van der Waals surface area (Å²) in [5.74, 6) is 0.286. The molecule has 0 aliphatic rings. The molecule has 0 heterocycles. The van der Waals surface area contributed by atoms with Gasteiger partial charge in [-0.3, -0.25) is 0 Å². The second-order valence-corrected chi connectivity index (χ2v) is 6.19. The zero-order valence-electron chi connectivity index (χ0n) is 7.98. The van der Waals surface area contributed by atoms with Crippen LogP contribution in [0.5, 0.6) is 0 Å². The van der Waals surface area contributed by atoms with Gasteiger partial charge in [-0.15, -0.1) is 0 Å². The molecule has 82 valence electrons. The fraction of sp³-hybridized carbons (Fsp3) is 1.00. The summed E-state index contributed by atoms with van der Waals surface area (Å²) < 4.78 is 19.4. The average molecular weight is 266 g/mol. The molecule has 0 aromatic carbocycles. The van der Waals surface area contributed by atoms with Gasteiger partial charge in [0.15, 0.2) is 0 Å². The van der Waals surface area contributed by atoms with Crippen molar-refractivity contribution in [1.29, 1.82) is 0 Å². The molecule has 0 aromatic heterocycles. The molecule has 0 aliphatic heterocycles. The van der Waals surface area contributed by atoms with E-state index in [1.165, 1.54) is 25.7 Å². The molecule has 0 rings (SSSR count). The molecule has 1 atom stereocenters. The first-order valence-corrected chi connectivity index (χ1v) is 7.12. The molecule has 2 nitrogen and oxygen atoms in total. The van der Waals surface area contributed by atoms with E-state index in [9.17, 15) is 4.21 Å². The van der Waals surface area contributed by atoms with Crippen LogP contribution in [0.25, 0.3) is 0 Å². The molecule has 1 N–H and O–H groups in total. The van der Waals surface area contributed by atoms with Crippen molar-refractivity contribution in [3.8, 4) is 0 Å². The van der Waals surface area contributed by atoms with Gasteiger partial charge in [-0.05, 0) is 6.42 Å². The summed E-state index contributed by atoms with van der Waals surface area (Å²) in [5, 5.41) is 0. The van der Waals surface area contributed by atoms with E-state index in [2.05, 4.69) is 18.1 Å². The fourth-order valence-corrected chi connectivity index (χ4v) is 1.99. The summed E-state index contributed by atoms with van der Waals surface area (Å²) in [7, 11) is -2.88. The monoisotopic (exact) mass is 266 g/mol. The molecular formula is C8H18FeO2S2. The minimum Gasteiger partial charge on any atom is -0.306 e. The van der Waals surface area contributed by atoms with Crippen LogP contribution in [0.15, 0.2) is 0 Å². The molecule has 0 spiro atoms. The molecule has 0 aromatic rings. The summed E-state index contributed by atoms with van der Waals surface area (Å²) in [6, 6.07) is 0. The Bertz CT molecular complexity index is 190. The Morgan fingerprint density at radius 2 is 1.62 bits per heavy atom. The van der Waals surface area contributed by atoms with Crippen molar-refractivity contribution in [2.75, 3.05) is 5.75 Å². The second-order valence-electron chi connectivity index (χ2n) is 3.05. The summed E-state index contributed by atoms with van der Waals surface area (Å²) >= 11 is 4.37. The van der Waals surface area contributed by atoms with Gasteiger partial charge in [0.05, 0.1) is 0 Å². The van der Waals surface area contributed by atoms with Gasteiger partial charge >= 0.3 is 0 Å². The molecule has 0 fully saturated rings. The maximum atomic E-state index is 10.6. The third kappa shape index (κ3) is 15.6. The van der Waals surface area contributed by atoms with Crippen LogP contribution in [0, 0.1) is 0 Å². The first kappa shape index (κ1) is 16.3. The van der Waals surface area contributed by atoms with E-state index in [4.69, 9.17) is 4.55 Å². The molecule has 0 saturated heterocycles. The van der Waals surface area contributed by atoms with E-state index < -0.39 is 8.77 Å². The van der Waals surface area contributed by atoms with E-state index >= 15 is 0 Å². The predicted molar refractivity (Wildman–Crippen MR) is 56.4 cm³/mol. The Morgan fingerprint density at radius 3 is 2.08 bits per heavy atom. The molecule has 0 saturated carbocycles. The van der Waals surface area contributed by atoms with Gasteiger partial charge in [0.1, 0.15) is 8.77 Å². The molecule has 0 bridgehead atoms. The van der Waals surface area contributed by atoms with Gasteiger partial charge in [0.2, 0.25) is 0 Å². The first-order chi connectivity index (χ1) is 5.56. The zero-order chi connectivity index (χ0) is 9.45. The normalized spacial score (nSPS) is 14.6. The molecule has 5 heteroatoms. The van der Waals surface area contributed by atoms with Gasteiger partial charge in [-0.2, -0.15) is 0 Å². The molecule has 0 amide bonds. The van der Waals surface area contributed by atoms with Crippen LogP contribution >= 0.6 is 0 Å². The van der Waals surface area contributed by atoms with Gasteiger partial charge in [0.25, 0.3) is 0 Å². The van der Waals surface area contributed by atoms with Crippen LogP contribution < -0.4 is 0 Å². The van der Waals surface area contributed by atoms with Crippen LogP contribution in [0.1, 0.15) is 45.4 Å². The molecule has 0 aliphatic carbocycles. The van der Waals surface area contributed by atoms with Gasteiger partial charge in [-0.25, -0.2) is 4.21 Å². The standard InChI is InChI=1S/C8H18O2S2.Fe/c1-2-3-4-5-6-7-8-12(9,10)11;/h2-8H2,1H3,(H,9,10,11);. The largest absolute Gasteiger partial charge is 0.306 e. The number of rotatable bonds is 7. The number of hydrogen-bond acceptors (Lipinski definition) is 2. The van der Waals surface area contributed by atoms with Crippen molar-refractivity contribution >= 4 is 20.0 Å². The van der Waals surface area contributed by atoms with E-state index in [0.717, 1.165) is 12.8 Å². The SMILES string of the molecule is CCCCCCCCS(=O)(O)=S.[Fe]. The average Bonchev–Trinajstić information content (AvgIpc) is 1.94. The van der Waals surface area contributed by atoms with Crippen molar-refractivity contribution in [1.82, 2.24) is 0 Å². The molecule has 1 unspecified atom stereocenters. The Balaban J connectivity index is 0. The summed E-state index contributed by atoms with van der Waals surface area (Å²) in [4.78, 5) is 0. The van der Waals surface area contributed by atoms with Crippen LogP contribution in [-0.4, -0.2) is 14.5 Å². The van der Waals surface area contributed by atoms with Crippen molar-refractivity contribution in [2.45, 2.75) is 45.4 Å². The molecule has 0 radical (unpaired) electrons. The predicted octanol–water partition coefficient (Wildman–Crippen LogP) is 2.56. The van der Waals surface area contributed by atoms with Gasteiger partial charge < -0.3 is 4.55 Å². The summed E-state index contributed by atoms with van der Waals surface area (Å²) in [5.41, 5.74) is 0. The van der Waals surface area contributed by atoms with E-state index in [-0.39, 0.29) is 22.8 Å². The van der Waals surface area contributed by atoms with Crippen molar-refractivity contribution in [2.24, 2.45) is 0 Å². The second kappa shape index (κ2) is 9.41. The number of unbranched alkanes of at least 4 members (excludes halogenated alkanes) is 5. The van der Waals surface area contributed by atoms with Crippen LogP contribution in [0.2, 0.25) is 0 Å². The van der Waals surface area contributed by atoms with Gasteiger partial charge in [0, 0.05) is 34.0 Å². The first-order valence-electron chi connectivity index (χ1n) is 4.51. The fourth-order valence-electron chi connectivity index (χ4n) is 1.06.